The van der Waals surface area contributed by atoms with Crippen LogP contribution in [0.5, 0.6) is 0 Å². The van der Waals surface area contributed by atoms with E-state index in [9.17, 15) is 10.3 Å². The van der Waals surface area contributed by atoms with Crippen LogP contribution in [0.3, 0.4) is 0 Å². The summed E-state index contributed by atoms with van der Waals surface area (Å²) in [5, 5.41) is 25.5. The fraction of sp³-hybridized carbons (Fsp3) is 0.321. The van der Waals surface area contributed by atoms with Crippen molar-refractivity contribution in [3.8, 4) is 0 Å². The minimum absolute atomic E-state index is 0.375. The SMILES string of the molecule is CC[N+](CC)(CCC/C(=N/O)C(O)(c1ccccc1)c1ccccc1)Cc1ccccc1. The molecule has 32 heavy (non-hydrogen) atoms. The molecule has 2 N–H and O–H groups in total. The van der Waals surface area contributed by atoms with Crippen LogP contribution in [-0.4, -0.2) is 40.1 Å². The maximum absolute atomic E-state index is 11.9. The molecule has 0 atom stereocenters. The summed E-state index contributed by atoms with van der Waals surface area (Å²) in [6.45, 7) is 8.44. The first-order valence-electron chi connectivity index (χ1n) is 11.5. The third kappa shape index (κ3) is 5.26. The van der Waals surface area contributed by atoms with Crippen LogP contribution in [0.15, 0.2) is 96.2 Å². The quantitative estimate of drug-likeness (QED) is 0.180. The van der Waals surface area contributed by atoms with E-state index in [1.165, 1.54) is 5.56 Å². The molecule has 0 aliphatic heterocycles. The van der Waals surface area contributed by atoms with Crippen LogP contribution in [0.2, 0.25) is 0 Å². The molecule has 0 saturated heterocycles. The fourth-order valence-corrected chi connectivity index (χ4v) is 4.56. The van der Waals surface area contributed by atoms with Crippen molar-refractivity contribution in [2.45, 2.75) is 38.8 Å². The van der Waals surface area contributed by atoms with Crippen LogP contribution >= 0.6 is 0 Å². The van der Waals surface area contributed by atoms with Gasteiger partial charge in [0.05, 0.1) is 25.3 Å². The average Bonchev–Trinajstić information content (AvgIpc) is 2.87. The molecule has 0 aliphatic carbocycles. The van der Waals surface area contributed by atoms with Crippen LogP contribution < -0.4 is 0 Å². The molecule has 0 unspecified atom stereocenters. The van der Waals surface area contributed by atoms with Gasteiger partial charge in [0, 0.05) is 12.0 Å². The normalized spacial score (nSPS) is 12.7. The summed E-state index contributed by atoms with van der Waals surface area (Å²) in [6, 6.07) is 29.5. The lowest BCUT2D eigenvalue weighted by atomic mass is 9.80. The van der Waals surface area contributed by atoms with Gasteiger partial charge < -0.3 is 14.8 Å². The smallest absolute Gasteiger partial charge is 0.156 e. The van der Waals surface area contributed by atoms with Crippen molar-refractivity contribution >= 4 is 5.71 Å². The van der Waals surface area contributed by atoms with E-state index in [0.717, 1.165) is 37.1 Å². The first kappa shape index (κ1) is 23.7. The molecule has 4 heteroatoms. The van der Waals surface area contributed by atoms with Crippen LogP contribution in [-0.2, 0) is 12.1 Å². The van der Waals surface area contributed by atoms with Crippen molar-refractivity contribution < 1.29 is 14.8 Å². The van der Waals surface area contributed by atoms with Crippen LogP contribution in [0.4, 0.5) is 0 Å². The highest BCUT2D eigenvalue weighted by atomic mass is 16.4. The molecule has 0 aromatic heterocycles. The molecule has 0 spiro atoms. The van der Waals surface area contributed by atoms with Gasteiger partial charge in [-0.2, -0.15) is 0 Å². The Bertz CT molecular complexity index is 929. The number of benzene rings is 3. The van der Waals surface area contributed by atoms with Crippen LogP contribution in [0.25, 0.3) is 0 Å². The van der Waals surface area contributed by atoms with E-state index in [2.05, 4.69) is 43.3 Å². The first-order chi connectivity index (χ1) is 15.6. The van der Waals surface area contributed by atoms with Crippen LogP contribution in [0, 0.1) is 0 Å². The molecule has 3 aromatic rings. The molecule has 0 saturated carbocycles. The molecule has 3 rings (SSSR count). The molecule has 0 heterocycles. The zero-order chi connectivity index (χ0) is 22.9. The summed E-state index contributed by atoms with van der Waals surface area (Å²) in [5.41, 5.74) is 1.65. The van der Waals surface area contributed by atoms with E-state index < -0.39 is 5.60 Å². The van der Waals surface area contributed by atoms with Gasteiger partial charge in [-0.3, -0.25) is 0 Å². The molecule has 0 amide bonds. The van der Waals surface area contributed by atoms with Gasteiger partial charge in [0.1, 0.15) is 6.54 Å². The second-order valence-electron chi connectivity index (χ2n) is 8.43. The van der Waals surface area contributed by atoms with Crippen molar-refractivity contribution in [1.82, 2.24) is 0 Å². The summed E-state index contributed by atoms with van der Waals surface area (Å²) in [6.07, 6.45) is 1.32. The van der Waals surface area contributed by atoms with Crippen LogP contribution in [0.1, 0.15) is 43.4 Å². The second kappa shape index (κ2) is 11.1. The predicted octanol–water partition coefficient (Wildman–Crippen LogP) is 5.59. The molecule has 3 aromatic carbocycles. The Balaban J connectivity index is 1.82. The minimum Gasteiger partial charge on any atom is -0.411 e. The first-order valence-corrected chi connectivity index (χ1v) is 11.5. The number of hydrogen-bond donors (Lipinski definition) is 2. The standard InChI is InChI=1S/C28H34N2O2/c1-3-30(4-2,23-24-15-8-5-9-16-24)22-14-21-27(29-32)28(31,25-17-10-6-11-18-25)26-19-12-7-13-20-26/h5-13,15-20,31H,3-4,14,21-23H2,1-2H3/p+1/b29-27-. The maximum atomic E-state index is 11.9. The molecule has 0 radical (unpaired) electrons. The average molecular weight is 432 g/mol. The Hall–Kier alpha value is -2.95. The largest absolute Gasteiger partial charge is 0.411 e. The summed E-state index contributed by atoms with van der Waals surface area (Å²) >= 11 is 0. The molecule has 0 bridgehead atoms. The molecule has 168 valence electrons. The van der Waals surface area contributed by atoms with Gasteiger partial charge in [0.25, 0.3) is 0 Å². The maximum Gasteiger partial charge on any atom is 0.156 e. The lowest BCUT2D eigenvalue weighted by Gasteiger charge is -2.37. The third-order valence-electron chi connectivity index (χ3n) is 6.67. The number of rotatable bonds is 11. The number of hydrogen-bond acceptors (Lipinski definition) is 3. The van der Waals surface area contributed by atoms with Gasteiger partial charge in [-0.15, -0.1) is 0 Å². The van der Waals surface area contributed by atoms with E-state index >= 15 is 0 Å². The second-order valence-corrected chi connectivity index (χ2v) is 8.43. The highest BCUT2D eigenvalue weighted by Crippen LogP contribution is 2.33. The highest BCUT2D eigenvalue weighted by Gasteiger charge is 2.38. The highest BCUT2D eigenvalue weighted by molar-refractivity contribution is 5.96. The van der Waals surface area contributed by atoms with Gasteiger partial charge in [0.15, 0.2) is 5.60 Å². The molecular formula is C28H35N2O2+. The summed E-state index contributed by atoms with van der Waals surface area (Å²) in [5.74, 6) is 0. The Morgan fingerprint density at radius 3 is 1.69 bits per heavy atom. The number of oxime groups is 1. The van der Waals surface area contributed by atoms with E-state index in [1.807, 2.05) is 66.7 Å². The fourth-order valence-electron chi connectivity index (χ4n) is 4.56. The van der Waals surface area contributed by atoms with Crippen molar-refractivity contribution in [2.75, 3.05) is 19.6 Å². The topological polar surface area (TPSA) is 52.8 Å². The summed E-state index contributed by atoms with van der Waals surface area (Å²) in [4.78, 5) is 0. The van der Waals surface area contributed by atoms with Crippen molar-refractivity contribution in [3.05, 3.63) is 108 Å². The van der Waals surface area contributed by atoms with E-state index in [0.29, 0.717) is 23.3 Å². The van der Waals surface area contributed by atoms with Crippen molar-refractivity contribution in [2.24, 2.45) is 5.16 Å². The Labute approximate surface area is 192 Å². The Morgan fingerprint density at radius 2 is 1.25 bits per heavy atom. The summed E-state index contributed by atoms with van der Waals surface area (Å²) in [7, 11) is 0. The lowest BCUT2D eigenvalue weighted by Crippen LogP contribution is -2.48. The Kier molecular flexibility index (Phi) is 8.20. The third-order valence-corrected chi connectivity index (χ3v) is 6.67. The van der Waals surface area contributed by atoms with Gasteiger partial charge in [-0.1, -0.05) is 96.2 Å². The predicted molar refractivity (Wildman–Crippen MR) is 131 cm³/mol. The van der Waals surface area contributed by atoms with Gasteiger partial charge >= 0.3 is 0 Å². The summed E-state index contributed by atoms with van der Waals surface area (Å²) < 4.78 is 0.956. The Morgan fingerprint density at radius 1 is 0.781 bits per heavy atom. The molecule has 4 nitrogen and oxygen atoms in total. The molecule has 0 aliphatic rings. The molecule has 0 fully saturated rings. The number of quaternary nitrogens is 1. The minimum atomic E-state index is -1.47. The molecular weight excluding hydrogens is 396 g/mol. The van der Waals surface area contributed by atoms with Gasteiger partial charge in [0.2, 0.25) is 0 Å². The zero-order valence-corrected chi connectivity index (χ0v) is 19.2. The van der Waals surface area contributed by atoms with Crippen molar-refractivity contribution in [3.63, 3.8) is 0 Å². The lowest BCUT2D eigenvalue weighted by molar-refractivity contribution is -0.937. The monoisotopic (exact) mass is 431 g/mol. The van der Waals surface area contributed by atoms with E-state index in [-0.39, 0.29) is 0 Å². The van der Waals surface area contributed by atoms with Gasteiger partial charge in [-0.05, 0) is 31.4 Å². The van der Waals surface area contributed by atoms with E-state index in [4.69, 9.17) is 0 Å². The zero-order valence-electron chi connectivity index (χ0n) is 19.2. The van der Waals surface area contributed by atoms with Crippen molar-refractivity contribution in [1.29, 1.82) is 0 Å². The number of nitrogens with zero attached hydrogens (tertiary/aromatic N) is 2. The van der Waals surface area contributed by atoms with Gasteiger partial charge in [-0.25, -0.2) is 0 Å². The number of aliphatic hydroxyl groups is 1. The van der Waals surface area contributed by atoms with E-state index in [1.54, 1.807) is 0 Å².